The van der Waals surface area contributed by atoms with E-state index in [2.05, 4.69) is 10.3 Å². The molecule has 2 aromatic rings. The Balaban J connectivity index is 0.00000450. The van der Waals surface area contributed by atoms with E-state index in [-0.39, 0.29) is 48.1 Å². The van der Waals surface area contributed by atoms with Gasteiger partial charge in [0.15, 0.2) is 27.4 Å². The van der Waals surface area contributed by atoms with Crippen molar-refractivity contribution in [2.45, 2.75) is 24.3 Å². The second-order valence-electron chi connectivity index (χ2n) is 6.59. The highest BCUT2D eigenvalue weighted by atomic mass is 127. The first-order chi connectivity index (χ1) is 13.9. The first kappa shape index (κ1) is 26.2. The Kier molecular flexibility index (Phi) is 11.1. The number of nitrogens with one attached hydrogen (secondary N) is 1. The van der Waals surface area contributed by atoms with Gasteiger partial charge >= 0.3 is 0 Å². The van der Waals surface area contributed by atoms with E-state index in [0.29, 0.717) is 23.8 Å². The molecular weight excluding hydrogens is 520 g/mol. The summed E-state index contributed by atoms with van der Waals surface area (Å²) in [5, 5.41) is 3.21. The van der Waals surface area contributed by atoms with Gasteiger partial charge in [-0.1, -0.05) is 37.3 Å². The quantitative estimate of drug-likeness (QED) is 0.294. The van der Waals surface area contributed by atoms with E-state index in [9.17, 15) is 12.8 Å². The molecule has 9 heteroatoms. The topological polar surface area (TPSA) is 71.0 Å². The van der Waals surface area contributed by atoms with Gasteiger partial charge in [-0.2, -0.15) is 0 Å². The van der Waals surface area contributed by atoms with Crippen molar-refractivity contribution >= 4 is 39.8 Å². The Morgan fingerprint density at radius 1 is 1.17 bits per heavy atom. The molecule has 0 radical (unpaired) electrons. The van der Waals surface area contributed by atoms with Crippen molar-refractivity contribution in [3.05, 3.63) is 60.4 Å². The van der Waals surface area contributed by atoms with Crippen LogP contribution in [-0.4, -0.2) is 58.3 Å². The maximum Gasteiger partial charge on any atom is 0.193 e. The summed E-state index contributed by atoms with van der Waals surface area (Å²) in [5.74, 6) is 0.308. The summed E-state index contributed by atoms with van der Waals surface area (Å²) in [6, 6.07) is 14.3. The van der Waals surface area contributed by atoms with Crippen LogP contribution in [0.3, 0.4) is 0 Å². The highest BCUT2D eigenvalue weighted by Crippen LogP contribution is 2.15. The van der Waals surface area contributed by atoms with Crippen molar-refractivity contribution in [1.29, 1.82) is 0 Å². The largest absolute Gasteiger partial charge is 0.489 e. The maximum atomic E-state index is 13.6. The van der Waals surface area contributed by atoms with Crippen LogP contribution in [0.15, 0.2) is 64.5 Å². The van der Waals surface area contributed by atoms with Gasteiger partial charge in [0.1, 0.15) is 6.61 Å². The molecule has 0 aliphatic rings. The third-order valence-electron chi connectivity index (χ3n) is 4.44. The molecule has 30 heavy (non-hydrogen) atoms. The van der Waals surface area contributed by atoms with Crippen molar-refractivity contribution in [3.63, 3.8) is 0 Å². The number of ether oxygens (including phenoxy) is 1. The van der Waals surface area contributed by atoms with Gasteiger partial charge < -0.3 is 15.0 Å². The third kappa shape index (κ3) is 7.75. The molecule has 0 saturated carbocycles. The van der Waals surface area contributed by atoms with Gasteiger partial charge in [-0.15, -0.1) is 24.0 Å². The second kappa shape index (κ2) is 12.7. The first-order valence-corrected chi connectivity index (χ1v) is 11.1. The average molecular weight is 549 g/mol. The summed E-state index contributed by atoms with van der Waals surface area (Å²) in [6.07, 6.45) is 0.616. The van der Waals surface area contributed by atoms with Crippen LogP contribution in [0.25, 0.3) is 0 Å². The van der Waals surface area contributed by atoms with Crippen LogP contribution in [0.2, 0.25) is 0 Å². The number of likely N-dealkylation sites (N-methyl/N-ethyl adjacent to an activating group) is 1. The molecule has 0 aromatic heterocycles. The van der Waals surface area contributed by atoms with Crippen LogP contribution in [0.5, 0.6) is 5.75 Å². The molecule has 1 atom stereocenters. The van der Waals surface area contributed by atoms with Gasteiger partial charge in [0.25, 0.3) is 0 Å². The van der Waals surface area contributed by atoms with E-state index in [1.807, 2.05) is 18.9 Å². The lowest BCUT2D eigenvalue weighted by Crippen LogP contribution is -2.47. The summed E-state index contributed by atoms with van der Waals surface area (Å²) in [7, 11) is 0.0406. The second-order valence-corrected chi connectivity index (χ2v) is 8.63. The van der Waals surface area contributed by atoms with Crippen LogP contribution in [-0.2, 0) is 9.84 Å². The van der Waals surface area contributed by atoms with Crippen molar-refractivity contribution in [2.24, 2.45) is 4.99 Å². The van der Waals surface area contributed by atoms with Crippen LogP contribution < -0.4 is 10.1 Å². The van der Waals surface area contributed by atoms with Crippen molar-refractivity contribution in [1.82, 2.24) is 10.2 Å². The van der Waals surface area contributed by atoms with Crippen molar-refractivity contribution in [3.8, 4) is 5.75 Å². The zero-order valence-corrected chi connectivity index (χ0v) is 20.6. The van der Waals surface area contributed by atoms with Gasteiger partial charge in [0.2, 0.25) is 0 Å². The van der Waals surface area contributed by atoms with E-state index in [1.165, 1.54) is 6.07 Å². The average Bonchev–Trinajstić information content (AvgIpc) is 2.72. The molecule has 2 aromatic carbocycles. The fourth-order valence-corrected chi connectivity index (χ4v) is 4.35. The highest BCUT2D eigenvalue weighted by molar-refractivity contribution is 14.0. The molecule has 0 aliphatic carbocycles. The SMILES string of the molecule is CCC(CS(=O)(=O)c1ccccc1)NC(=NC)N(C)CCOc1ccccc1F.I. The first-order valence-electron chi connectivity index (χ1n) is 9.47. The maximum absolute atomic E-state index is 13.6. The number of para-hydroxylation sites is 1. The molecule has 0 spiro atoms. The number of nitrogens with zero attached hydrogens (tertiary/aromatic N) is 2. The molecular formula is C21H29FIN3O3S. The predicted molar refractivity (Wildman–Crippen MR) is 129 cm³/mol. The number of hydrogen-bond acceptors (Lipinski definition) is 4. The molecule has 0 saturated heterocycles. The molecule has 0 amide bonds. The number of hydrogen-bond donors (Lipinski definition) is 1. The fraction of sp³-hybridized carbons (Fsp3) is 0.381. The van der Waals surface area contributed by atoms with Crippen LogP contribution in [0.1, 0.15) is 13.3 Å². The number of guanidine groups is 1. The summed E-state index contributed by atoms with van der Waals surface area (Å²) >= 11 is 0. The van der Waals surface area contributed by atoms with Gasteiger partial charge in [-0.05, 0) is 30.7 Å². The minimum atomic E-state index is -3.41. The summed E-state index contributed by atoms with van der Waals surface area (Å²) < 4.78 is 44.4. The molecule has 0 bridgehead atoms. The standard InChI is InChI=1S/C21H28FN3O3S.HI/c1-4-17(16-29(26,27)18-10-6-5-7-11-18)24-21(23-2)25(3)14-15-28-20-13-9-8-12-19(20)22;/h5-13,17H,4,14-16H2,1-3H3,(H,23,24);1H. The molecule has 1 N–H and O–H groups in total. The smallest absolute Gasteiger partial charge is 0.193 e. The van der Waals surface area contributed by atoms with E-state index in [0.717, 1.165) is 0 Å². The Morgan fingerprint density at radius 2 is 1.80 bits per heavy atom. The van der Waals surface area contributed by atoms with E-state index < -0.39 is 15.7 Å². The monoisotopic (exact) mass is 549 g/mol. The summed E-state index contributed by atoms with van der Waals surface area (Å²) in [5.41, 5.74) is 0. The van der Waals surface area contributed by atoms with Crippen molar-refractivity contribution in [2.75, 3.05) is 33.0 Å². The molecule has 1 unspecified atom stereocenters. The number of sulfone groups is 1. The summed E-state index contributed by atoms with van der Waals surface area (Å²) in [4.78, 5) is 6.35. The van der Waals surface area contributed by atoms with Gasteiger partial charge in [-0.25, -0.2) is 12.8 Å². The highest BCUT2D eigenvalue weighted by Gasteiger charge is 2.21. The predicted octanol–water partition coefficient (Wildman–Crippen LogP) is 3.58. The minimum absolute atomic E-state index is 0. The van der Waals surface area contributed by atoms with E-state index in [1.54, 1.807) is 55.6 Å². The molecule has 0 aliphatic heterocycles. The molecule has 166 valence electrons. The number of aliphatic imine (C=N–C) groups is 1. The number of rotatable bonds is 9. The summed E-state index contributed by atoms with van der Waals surface area (Å²) in [6.45, 7) is 2.64. The Bertz CT molecular complexity index is 911. The lowest BCUT2D eigenvalue weighted by atomic mass is 10.2. The van der Waals surface area contributed by atoms with Crippen LogP contribution in [0.4, 0.5) is 4.39 Å². The number of halogens is 2. The van der Waals surface area contributed by atoms with Crippen LogP contribution in [0, 0.1) is 5.82 Å². The van der Waals surface area contributed by atoms with Gasteiger partial charge in [0.05, 0.1) is 17.2 Å². The molecule has 0 heterocycles. The fourth-order valence-electron chi connectivity index (χ4n) is 2.74. The van der Waals surface area contributed by atoms with E-state index >= 15 is 0 Å². The molecule has 0 fully saturated rings. The van der Waals surface area contributed by atoms with Gasteiger partial charge in [-0.3, -0.25) is 4.99 Å². The Hall–Kier alpha value is -1.88. The lowest BCUT2D eigenvalue weighted by molar-refractivity contribution is 0.269. The molecule has 6 nitrogen and oxygen atoms in total. The van der Waals surface area contributed by atoms with Gasteiger partial charge in [0, 0.05) is 20.1 Å². The van der Waals surface area contributed by atoms with Crippen LogP contribution >= 0.6 is 24.0 Å². The van der Waals surface area contributed by atoms with Crippen molar-refractivity contribution < 1.29 is 17.5 Å². The number of benzene rings is 2. The normalized spacial score (nSPS) is 12.6. The van der Waals surface area contributed by atoms with E-state index in [4.69, 9.17) is 4.74 Å². The lowest BCUT2D eigenvalue weighted by Gasteiger charge is -2.26. The Labute approximate surface area is 195 Å². The molecule has 2 rings (SSSR count). The Morgan fingerprint density at radius 3 is 2.40 bits per heavy atom. The zero-order valence-electron chi connectivity index (χ0n) is 17.4. The minimum Gasteiger partial charge on any atom is -0.489 e. The third-order valence-corrected chi connectivity index (χ3v) is 6.27. The zero-order chi connectivity index (χ0) is 21.3.